The molecule has 0 aliphatic carbocycles. The second kappa shape index (κ2) is 9.30. The van der Waals surface area contributed by atoms with Crippen LogP contribution in [0.3, 0.4) is 0 Å². The molecule has 0 saturated heterocycles. The summed E-state index contributed by atoms with van der Waals surface area (Å²) in [5, 5.41) is 2.17. The summed E-state index contributed by atoms with van der Waals surface area (Å²) >= 11 is 0. The summed E-state index contributed by atoms with van der Waals surface area (Å²) in [6.45, 7) is 0.881. The highest BCUT2D eigenvalue weighted by atomic mass is 19.4. The van der Waals surface area contributed by atoms with Crippen LogP contribution in [0.1, 0.15) is 33.8 Å². The number of esters is 1. The Kier molecular flexibility index (Phi) is 6.77. The summed E-state index contributed by atoms with van der Waals surface area (Å²) in [6, 6.07) is 18.3. The topological polar surface area (TPSA) is 29.5 Å². The van der Waals surface area contributed by atoms with Crippen molar-refractivity contribution in [2.75, 3.05) is 27.2 Å². The molecule has 0 saturated carbocycles. The normalized spacial score (nSPS) is 12.9. The Bertz CT molecular complexity index is 1010. The monoisotopic (exact) mass is 415 g/mol. The van der Waals surface area contributed by atoms with Gasteiger partial charge in [-0.05, 0) is 61.6 Å². The second-order valence-electron chi connectivity index (χ2n) is 7.53. The van der Waals surface area contributed by atoms with E-state index in [9.17, 15) is 18.0 Å². The third-order valence-corrected chi connectivity index (χ3v) is 5.03. The number of hydrogen-bond donors (Lipinski definition) is 0. The van der Waals surface area contributed by atoms with Crippen LogP contribution < -0.4 is 0 Å². The molecule has 6 heteroatoms. The first-order chi connectivity index (χ1) is 14.3. The lowest BCUT2D eigenvalue weighted by atomic mass is 9.91. The largest absolute Gasteiger partial charge is 0.461 e. The van der Waals surface area contributed by atoms with Gasteiger partial charge in [0.2, 0.25) is 0 Å². The molecular weight excluding hydrogens is 391 g/mol. The zero-order valence-corrected chi connectivity index (χ0v) is 16.9. The molecule has 0 fully saturated rings. The summed E-state index contributed by atoms with van der Waals surface area (Å²) < 4.78 is 44.3. The number of benzene rings is 3. The van der Waals surface area contributed by atoms with Crippen molar-refractivity contribution in [1.82, 2.24) is 4.90 Å². The highest BCUT2D eigenvalue weighted by Gasteiger charge is 2.31. The van der Waals surface area contributed by atoms with Gasteiger partial charge in [0.05, 0.1) is 17.7 Å². The van der Waals surface area contributed by atoms with Crippen molar-refractivity contribution < 1.29 is 22.7 Å². The molecule has 30 heavy (non-hydrogen) atoms. The number of fused-ring (bicyclic) bond motifs is 1. The Hall–Kier alpha value is -2.86. The van der Waals surface area contributed by atoms with Gasteiger partial charge < -0.3 is 9.64 Å². The van der Waals surface area contributed by atoms with Gasteiger partial charge in [-0.3, -0.25) is 0 Å². The van der Waals surface area contributed by atoms with Crippen molar-refractivity contribution in [2.45, 2.75) is 18.5 Å². The zero-order valence-electron chi connectivity index (χ0n) is 16.9. The first-order valence-corrected chi connectivity index (χ1v) is 9.72. The van der Waals surface area contributed by atoms with E-state index in [-0.39, 0.29) is 18.1 Å². The highest BCUT2D eigenvalue weighted by Crippen LogP contribution is 2.31. The van der Waals surface area contributed by atoms with Crippen LogP contribution >= 0.6 is 0 Å². The van der Waals surface area contributed by atoms with Crippen LogP contribution in [-0.2, 0) is 10.9 Å². The number of carbonyl (C=O) groups excluding carboxylic acids is 1. The third kappa shape index (κ3) is 5.39. The standard InChI is InChI=1S/C24H24F3NO2/c1-28(2)14-13-19(22-12-6-8-17-7-3-4-11-21(17)22)16-30-23(29)18-9-5-10-20(15-18)24(25,26)27/h3-12,15,19H,13-14,16H2,1-2H3. The van der Waals surface area contributed by atoms with Crippen LogP contribution in [0.5, 0.6) is 0 Å². The molecule has 3 aromatic rings. The molecule has 0 bridgehead atoms. The van der Waals surface area contributed by atoms with Crippen LogP contribution in [0.25, 0.3) is 10.8 Å². The van der Waals surface area contributed by atoms with Gasteiger partial charge in [-0.15, -0.1) is 0 Å². The van der Waals surface area contributed by atoms with Crippen molar-refractivity contribution in [1.29, 1.82) is 0 Å². The first-order valence-electron chi connectivity index (χ1n) is 9.72. The summed E-state index contributed by atoms with van der Waals surface area (Å²) in [5.74, 6) is -0.829. The Labute approximate surface area is 174 Å². The fraction of sp³-hybridized carbons (Fsp3) is 0.292. The van der Waals surface area contributed by atoms with Gasteiger partial charge in [0, 0.05) is 5.92 Å². The van der Waals surface area contributed by atoms with Crippen molar-refractivity contribution in [3.8, 4) is 0 Å². The van der Waals surface area contributed by atoms with Crippen LogP contribution in [0.15, 0.2) is 66.7 Å². The molecule has 0 heterocycles. The van der Waals surface area contributed by atoms with Crippen molar-refractivity contribution >= 4 is 16.7 Å². The summed E-state index contributed by atoms with van der Waals surface area (Å²) in [7, 11) is 3.93. The van der Waals surface area contributed by atoms with Crippen LogP contribution in [-0.4, -0.2) is 38.1 Å². The molecule has 1 atom stereocenters. The average Bonchev–Trinajstić information content (AvgIpc) is 2.72. The minimum absolute atomic E-state index is 0.0757. The lowest BCUT2D eigenvalue weighted by molar-refractivity contribution is -0.137. The molecule has 0 radical (unpaired) electrons. The number of ether oxygens (including phenoxy) is 1. The highest BCUT2D eigenvalue weighted by molar-refractivity contribution is 5.90. The van der Waals surface area contributed by atoms with E-state index in [0.29, 0.717) is 0 Å². The second-order valence-corrected chi connectivity index (χ2v) is 7.53. The molecule has 0 aromatic heterocycles. The Morgan fingerprint density at radius 2 is 1.70 bits per heavy atom. The van der Waals surface area contributed by atoms with E-state index in [0.717, 1.165) is 41.4 Å². The molecule has 1 unspecified atom stereocenters. The number of rotatable bonds is 7. The van der Waals surface area contributed by atoms with Crippen LogP contribution in [0.2, 0.25) is 0 Å². The minimum atomic E-state index is -4.51. The average molecular weight is 415 g/mol. The van der Waals surface area contributed by atoms with E-state index >= 15 is 0 Å². The van der Waals surface area contributed by atoms with Gasteiger partial charge in [-0.2, -0.15) is 13.2 Å². The maximum atomic E-state index is 12.9. The fourth-order valence-corrected chi connectivity index (χ4v) is 3.43. The molecule has 0 N–H and O–H groups in total. The molecule has 3 aromatic carbocycles. The third-order valence-electron chi connectivity index (χ3n) is 5.03. The van der Waals surface area contributed by atoms with E-state index in [4.69, 9.17) is 4.74 Å². The number of alkyl halides is 3. The number of nitrogens with zero attached hydrogens (tertiary/aromatic N) is 1. The number of halogens is 3. The summed E-state index contributed by atoms with van der Waals surface area (Å²) in [6.07, 6.45) is -3.76. The molecule has 3 nitrogen and oxygen atoms in total. The van der Waals surface area contributed by atoms with E-state index in [1.807, 2.05) is 61.5 Å². The first kappa shape index (κ1) is 21.8. The van der Waals surface area contributed by atoms with Gasteiger partial charge >= 0.3 is 12.1 Å². The predicted molar refractivity (Wildman–Crippen MR) is 112 cm³/mol. The Morgan fingerprint density at radius 3 is 2.43 bits per heavy atom. The number of hydrogen-bond acceptors (Lipinski definition) is 3. The Balaban J connectivity index is 1.81. The van der Waals surface area contributed by atoms with Gasteiger partial charge in [-0.1, -0.05) is 48.5 Å². The van der Waals surface area contributed by atoms with Gasteiger partial charge in [-0.25, -0.2) is 4.79 Å². The van der Waals surface area contributed by atoms with E-state index in [1.54, 1.807) is 0 Å². The SMILES string of the molecule is CN(C)CCC(COC(=O)c1cccc(C(F)(F)F)c1)c1cccc2ccccc12. The lowest BCUT2D eigenvalue weighted by Gasteiger charge is -2.21. The number of carbonyl (C=O) groups is 1. The van der Waals surface area contributed by atoms with Gasteiger partial charge in [0.1, 0.15) is 0 Å². The Morgan fingerprint density at radius 1 is 1.00 bits per heavy atom. The van der Waals surface area contributed by atoms with Crippen molar-refractivity contribution in [3.63, 3.8) is 0 Å². The fourth-order valence-electron chi connectivity index (χ4n) is 3.43. The summed E-state index contributed by atoms with van der Waals surface area (Å²) in [5.41, 5.74) is 0.0936. The minimum Gasteiger partial charge on any atom is -0.461 e. The molecule has 0 spiro atoms. The van der Waals surface area contributed by atoms with Crippen molar-refractivity contribution in [2.24, 2.45) is 0 Å². The maximum absolute atomic E-state index is 12.9. The molecule has 0 aliphatic rings. The molecule has 0 amide bonds. The quantitative estimate of drug-likeness (QED) is 0.460. The van der Waals surface area contributed by atoms with E-state index in [2.05, 4.69) is 0 Å². The molecule has 0 aliphatic heterocycles. The zero-order chi connectivity index (χ0) is 21.7. The predicted octanol–water partition coefficient (Wildman–Crippen LogP) is 5.75. The molecule has 158 valence electrons. The summed E-state index contributed by atoms with van der Waals surface area (Å²) in [4.78, 5) is 14.5. The van der Waals surface area contributed by atoms with Crippen LogP contribution in [0.4, 0.5) is 13.2 Å². The van der Waals surface area contributed by atoms with E-state index < -0.39 is 17.7 Å². The maximum Gasteiger partial charge on any atom is 0.416 e. The lowest BCUT2D eigenvalue weighted by Crippen LogP contribution is -2.20. The van der Waals surface area contributed by atoms with E-state index in [1.165, 1.54) is 12.1 Å². The van der Waals surface area contributed by atoms with Crippen molar-refractivity contribution in [3.05, 3.63) is 83.4 Å². The molecule has 3 rings (SSSR count). The smallest absolute Gasteiger partial charge is 0.416 e. The molecular formula is C24H24F3NO2. The van der Waals surface area contributed by atoms with Gasteiger partial charge in [0.15, 0.2) is 0 Å². The van der Waals surface area contributed by atoms with Gasteiger partial charge in [0.25, 0.3) is 0 Å². The van der Waals surface area contributed by atoms with Crippen LogP contribution in [0, 0.1) is 0 Å².